The lowest BCUT2D eigenvalue weighted by molar-refractivity contribution is -0.128. The van der Waals surface area contributed by atoms with Crippen LogP contribution >= 0.6 is 0 Å². The number of rotatable bonds is 4. The van der Waals surface area contributed by atoms with Crippen LogP contribution in [0.15, 0.2) is 42.5 Å². The molecule has 2 amide bonds. The van der Waals surface area contributed by atoms with Crippen molar-refractivity contribution in [1.29, 1.82) is 0 Å². The standard InChI is InChI=1S/C24H28N2O3/c1-16-6-11-21-19(13-16)20(14-24(2,3)29-21)25-23(28)18-9-7-17(8-10-18)15-26-12-4-5-22(26)27/h6-11,13,20H,4-5,12,14-15H2,1-3H3,(H,25,28). The first kappa shape index (κ1) is 19.5. The second-order valence-electron chi connectivity index (χ2n) is 8.75. The fourth-order valence-electron chi connectivity index (χ4n) is 4.20. The van der Waals surface area contributed by atoms with E-state index in [0.29, 0.717) is 24.9 Å². The summed E-state index contributed by atoms with van der Waals surface area (Å²) in [5.74, 6) is 0.953. The summed E-state index contributed by atoms with van der Waals surface area (Å²) in [7, 11) is 0. The van der Waals surface area contributed by atoms with Crippen LogP contribution in [0, 0.1) is 6.92 Å². The third-order valence-electron chi connectivity index (χ3n) is 5.69. The second-order valence-corrected chi connectivity index (χ2v) is 8.75. The van der Waals surface area contributed by atoms with Gasteiger partial charge < -0.3 is 15.0 Å². The van der Waals surface area contributed by atoms with Gasteiger partial charge in [0.2, 0.25) is 5.91 Å². The van der Waals surface area contributed by atoms with E-state index in [-0.39, 0.29) is 23.5 Å². The molecule has 2 aliphatic rings. The smallest absolute Gasteiger partial charge is 0.251 e. The largest absolute Gasteiger partial charge is 0.487 e. The van der Waals surface area contributed by atoms with Gasteiger partial charge in [-0.2, -0.15) is 0 Å². The zero-order chi connectivity index (χ0) is 20.6. The van der Waals surface area contributed by atoms with Gasteiger partial charge in [-0.1, -0.05) is 29.8 Å². The van der Waals surface area contributed by atoms with Gasteiger partial charge in [0.15, 0.2) is 0 Å². The number of aryl methyl sites for hydroxylation is 1. The first-order valence-electron chi connectivity index (χ1n) is 10.3. The molecular formula is C24H28N2O3. The van der Waals surface area contributed by atoms with E-state index in [9.17, 15) is 9.59 Å². The molecule has 1 fully saturated rings. The van der Waals surface area contributed by atoms with Crippen molar-refractivity contribution in [3.05, 3.63) is 64.7 Å². The molecule has 0 bridgehead atoms. The Morgan fingerprint density at radius 3 is 2.66 bits per heavy atom. The Kier molecular flexibility index (Phi) is 5.07. The summed E-state index contributed by atoms with van der Waals surface area (Å²) < 4.78 is 6.10. The van der Waals surface area contributed by atoms with E-state index in [1.807, 2.05) is 62.1 Å². The number of ether oxygens (including phenoxy) is 1. The summed E-state index contributed by atoms with van der Waals surface area (Å²) in [6.45, 7) is 7.57. The molecule has 2 aromatic carbocycles. The van der Waals surface area contributed by atoms with Crippen LogP contribution in [0.25, 0.3) is 0 Å². The Balaban J connectivity index is 1.48. The maximum absolute atomic E-state index is 12.9. The Labute approximate surface area is 172 Å². The lowest BCUT2D eigenvalue weighted by Crippen LogP contribution is -2.41. The molecule has 1 atom stereocenters. The number of carbonyl (C=O) groups is 2. The van der Waals surface area contributed by atoms with Gasteiger partial charge in [-0.3, -0.25) is 9.59 Å². The molecular weight excluding hydrogens is 364 g/mol. The molecule has 1 N–H and O–H groups in total. The maximum atomic E-state index is 12.9. The molecule has 0 aromatic heterocycles. The molecule has 152 valence electrons. The molecule has 5 nitrogen and oxygen atoms in total. The van der Waals surface area contributed by atoms with Gasteiger partial charge in [-0.05, 0) is 51.0 Å². The predicted octanol–water partition coefficient (Wildman–Crippen LogP) is 4.15. The average molecular weight is 392 g/mol. The first-order chi connectivity index (χ1) is 13.8. The SMILES string of the molecule is Cc1ccc2c(c1)C(NC(=O)c1ccc(CN3CCCC3=O)cc1)CC(C)(C)O2. The zero-order valence-electron chi connectivity index (χ0n) is 17.3. The zero-order valence-corrected chi connectivity index (χ0v) is 17.3. The second kappa shape index (κ2) is 7.54. The van der Waals surface area contributed by atoms with Crippen molar-refractivity contribution in [3.8, 4) is 5.75 Å². The Morgan fingerprint density at radius 2 is 1.97 bits per heavy atom. The van der Waals surface area contributed by atoms with E-state index in [1.165, 1.54) is 0 Å². The van der Waals surface area contributed by atoms with Gasteiger partial charge in [0.1, 0.15) is 11.4 Å². The van der Waals surface area contributed by atoms with Gasteiger partial charge >= 0.3 is 0 Å². The number of amides is 2. The number of carbonyl (C=O) groups excluding carboxylic acids is 2. The highest BCUT2D eigenvalue weighted by Crippen LogP contribution is 2.40. The average Bonchev–Trinajstić information content (AvgIpc) is 3.07. The van der Waals surface area contributed by atoms with Crippen molar-refractivity contribution in [2.75, 3.05) is 6.54 Å². The van der Waals surface area contributed by atoms with Crippen LogP contribution < -0.4 is 10.1 Å². The lowest BCUT2D eigenvalue weighted by Gasteiger charge is -2.38. The van der Waals surface area contributed by atoms with Crippen molar-refractivity contribution < 1.29 is 14.3 Å². The molecule has 29 heavy (non-hydrogen) atoms. The highest BCUT2D eigenvalue weighted by molar-refractivity contribution is 5.94. The van der Waals surface area contributed by atoms with Gasteiger partial charge in [0.05, 0.1) is 6.04 Å². The van der Waals surface area contributed by atoms with Crippen LogP contribution in [-0.4, -0.2) is 28.9 Å². The maximum Gasteiger partial charge on any atom is 0.251 e. The van der Waals surface area contributed by atoms with E-state index in [1.54, 1.807) is 0 Å². The predicted molar refractivity (Wildman–Crippen MR) is 112 cm³/mol. The summed E-state index contributed by atoms with van der Waals surface area (Å²) in [5.41, 5.74) is 3.51. The topological polar surface area (TPSA) is 58.6 Å². The fraction of sp³-hybridized carbons (Fsp3) is 0.417. The monoisotopic (exact) mass is 392 g/mol. The minimum Gasteiger partial charge on any atom is -0.487 e. The van der Waals surface area contributed by atoms with Crippen molar-refractivity contribution in [3.63, 3.8) is 0 Å². The molecule has 2 aliphatic heterocycles. The van der Waals surface area contributed by atoms with Crippen molar-refractivity contribution in [2.45, 2.75) is 58.2 Å². The van der Waals surface area contributed by atoms with Gasteiger partial charge in [0.25, 0.3) is 5.91 Å². The minimum absolute atomic E-state index is 0.0936. The Bertz CT molecular complexity index is 934. The van der Waals surface area contributed by atoms with Crippen molar-refractivity contribution >= 4 is 11.8 Å². The number of fused-ring (bicyclic) bond motifs is 1. The number of benzene rings is 2. The summed E-state index contributed by atoms with van der Waals surface area (Å²) in [5, 5.41) is 3.19. The van der Waals surface area contributed by atoms with Gasteiger partial charge in [0, 0.05) is 37.1 Å². The molecule has 4 rings (SSSR count). The van der Waals surface area contributed by atoms with Crippen LogP contribution in [0.2, 0.25) is 0 Å². The molecule has 0 aliphatic carbocycles. The van der Waals surface area contributed by atoms with Crippen LogP contribution in [-0.2, 0) is 11.3 Å². The van der Waals surface area contributed by atoms with E-state index in [4.69, 9.17) is 4.74 Å². The van der Waals surface area contributed by atoms with Crippen molar-refractivity contribution in [1.82, 2.24) is 10.2 Å². The minimum atomic E-state index is -0.341. The molecule has 0 radical (unpaired) electrons. The normalized spacial score (nSPS) is 20.2. The van der Waals surface area contributed by atoms with Crippen LogP contribution in [0.5, 0.6) is 5.75 Å². The van der Waals surface area contributed by atoms with E-state index in [0.717, 1.165) is 35.4 Å². The summed E-state index contributed by atoms with van der Waals surface area (Å²) in [4.78, 5) is 26.6. The summed E-state index contributed by atoms with van der Waals surface area (Å²) >= 11 is 0. The highest BCUT2D eigenvalue weighted by Gasteiger charge is 2.34. The lowest BCUT2D eigenvalue weighted by atomic mass is 9.88. The number of nitrogens with zero attached hydrogens (tertiary/aromatic N) is 1. The van der Waals surface area contributed by atoms with E-state index >= 15 is 0 Å². The third kappa shape index (κ3) is 4.29. The fourth-order valence-corrected chi connectivity index (χ4v) is 4.20. The number of likely N-dealkylation sites (tertiary alicyclic amines) is 1. The summed E-state index contributed by atoms with van der Waals surface area (Å²) in [6, 6.07) is 13.6. The van der Waals surface area contributed by atoms with Crippen LogP contribution in [0.1, 0.15) is 66.2 Å². The first-order valence-corrected chi connectivity index (χ1v) is 10.3. The van der Waals surface area contributed by atoms with Gasteiger partial charge in [-0.15, -0.1) is 0 Å². The Morgan fingerprint density at radius 1 is 1.21 bits per heavy atom. The molecule has 0 saturated carbocycles. The van der Waals surface area contributed by atoms with Crippen LogP contribution in [0.4, 0.5) is 0 Å². The summed E-state index contributed by atoms with van der Waals surface area (Å²) in [6.07, 6.45) is 2.29. The molecule has 0 spiro atoms. The molecule has 5 heteroatoms. The highest BCUT2D eigenvalue weighted by atomic mass is 16.5. The quantitative estimate of drug-likeness (QED) is 0.850. The number of hydrogen-bond acceptors (Lipinski definition) is 3. The Hall–Kier alpha value is -2.82. The number of nitrogens with one attached hydrogen (secondary N) is 1. The molecule has 2 aromatic rings. The van der Waals surface area contributed by atoms with Crippen LogP contribution in [0.3, 0.4) is 0 Å². The molecule has 2 heterocycles. The van der Waals surface area contributed by atoms with E-state index in [2.05, 4.69) is 11.4 Å². The van der Waals surface area contributed by atoms with Gasteiger partial charge in [-0.25, -0.2) is 0 Å². The molecule has 1 unspecified atom stereocenters. The molecule has 1 saturated heterocycles. The van der Waals surface area contributed by atoms with E-state index < -0.39 is 0 Å². The third-order valence-corrected chi connectivity index (χ3v) is 5.69. The van der Waals surface area contributed by atoms with Crippen molar-refractivity contribution in [2.24, 2.45) is 0 Å². The number of hydrogen-bond donors (Lipinski definition) is 1.